The maximum absolute atomic E-state index is 8.50. The van der Waals surface area contributed by atoms with Gasteiger partial charge in [-0.1, -0.05) is 37.3 Å². The molecule has 0 saturated heterocycles. The van der Waals surface area contributed by atoms with Gasteiger partial charge in [0.1, 0.15) is 0 Å². The van der Waals surface area contributed by atoms with Crippen LogP contribution in [0.1, 0.15) is 24.8 Å². The molecule has 0 heterocycles. The van der Waals surface area contributed by atoms with E-state index in [4.69, 9.17) is 9.99 Å². The lowest BCUT2D eigenvalue weighted by Gasteiger charge is -2.16. The first kappa shape index (κ1) is 11.2. The van der Waals surface area contributed by atoms with Gasteiger partial charge in [0.15, 0.2) is 6.29 Å². The zero-order valence-electron chi connectivity index (χ0n) is 8.51. The van der Waals surface area contributed by atoms with Crippen LogP contribution in [0.2, 0.25) is 0 Å². The standard InChI is InChI=1S/C11H16O3/c1-9(8-11(13-2)14-12)10-6-4-3-5-7-10/h3-7,9,11-12H,8H2,1-2H3. The van der Waals surface area contributed by atoms with Crippen molar-refractivity contribution in [3.63, 3.8) is 0 Å². The van der Waals surface area contributed by atoms with E-state index in [0.717, 1.165) is 0 Å². The molecule has 0 aliphatic carbocycles. The zero-order chi connectivity index (χ0) is 10.4. The molecule has 0 radical (unpaired) electrons. The van der Waals surface area contributed by atoms with E-state index in [0.29, 0.717) is 12.3 Å². The van der Waals surface area contributed by atoms with E-state index in [9.17, 15) is 0 Å². The third-order valence-electron chi connectivity index (χ3n) is 2.30. The molecule has 3 nitrogen and oxygen atoms in total. The SMILES string of the molecule is COC(CC(C)c1ccccc1)OO. The van der Waals surface area contributed by atoms with Crippen LogP contribution in [0.5, 0.6) is 0 Å². The van der Waals surface area contributed by atoms with Crippen LogP contribution in [-0.2, 0) is 9.62 Å². The van der Waals surface area contributed by atoms with Crippen molar-refractivity contribution in [1.29, 1.82) is 0 Å². The van der Waals surface area contributed by atoms with Crippen LogP contribution in [0, 0.1) is 0 Å². The van der Waals surface area contributed by atoms with Gasteiger partial charge in [-0.05, 0) is 11.5 Å². The summed E-state index contributed by atoms with van der Waals surface area (Å²) in [5.41, 5.74) is 1.21. The summed E-state index contributed by atoms with van der Waals surface area (Å²) in [4.78, 5) is 4.17. The third kappa shape index (κ3) is 3.10. The minimum Gasteiger partial charge on any atom is -0.353 e. The molecule has 0 saturated carbocycles. The topological polar surface area (TPSA) is 38.7 Å². The average Bonchev–Trinajstić information content (AvgIpc) is 2.26. The highest BCUT2D eigenvalue weighted by atomic mass is 17.1. The molecule has 0 amide bonds. The fourth-order valence-electron chi connectivity index (χ4n) is 1.39. The summed E-state index contributed by atoms with van der Waals surface area (Å²) in [5, 5.41) is 8.50. The van der Waals surface area contributed by atoms with Gasteiger partial charge in [0, 0.05) is 13.5 Å². The zero-order valence-corrected chi connectivity index (χ0v) is 8.51. The van der Waals surface area contributed by atoms with Gasteiger partial charge >= 0.3 is 0 Å². The van der Waals surface area contributed by atoms with Crippen LogP contribution in [0.3, 0.4) is 0 Å². The van der Waals surface area contributed by atoms with Crippen molar-refractivity contribution in [2.24, 2.45) is 0 Å². The van der Waals surface area contributed by atoms with Crippen LogP contribution >= 0.6 is 0 Å². The monoisotopic (exact) mass is 196 g/mol. The second-order valence-electron chi connectivity index (χ2n) is 3.32. The molecule has 0 aliphatic heterocycles. The lowest BCUT2D eigenvalue weighted by atomic mass is 9.98. The minimum absolute atomic E-state index is 0.299. The van der Waals surface area contributed by atoms with Crippen molar-refractivity contribution in [1.82, 2.24) is 0 Å². The molecule has 3 heteroatoms. The molecule has 0 bridgehead atoms. The molecule has 1 aromatic carbocycles. The van der Waals surface area contributed by atoms with Crippen LogP contribution in [0.25, 0.3) is 0 Å². The first-order valence-electron chi connectivity index (χ1n) is 4.66. The van der Waals surface area contributed by atoms with E-state index >= 15 is 0 Å². The Hall–Kier alpha value is -0.900. The molecule has 1 rings (SSSR count). The fraction of sp³-hybridized carbons (Fsp3) is 0.455. The molecule has 2 atom stereocenters. The molecule has 0 aromatic heterocycles. The van der Waals surface area contributed by atoms with Gasteiger partial charge in [0.2, 0.25) is 0 Å². The number of ether oxygens (including phenoxy) is 1. The van der Waals surface area contributed by atoms with Gasteiger partial charge < -0.3 is 4.74 Å². The molecule has 1 N–H and O–H groups in total. The summed E-state index contributed by atoms with van der Waals surface area (Å²) in [5.74, 6) is 0.299. The number of rotatable bonds is 5. The molecule has 0 fully saturated rings. The summed E-state index contributed by atoms with van der Waals surface area (Å²) < 4.78 is 4.92. The number of benzene rings is 1. The summed E-state index contributed by atoms with van der Waals surface area (Å²) >= 11 is 0. The van der Waals surface area contributed by atoms with Crippen LogP contribution in [-0.4, -0.2) is 18.7 Å². The summed E-state index contributed by atoms with van der Waals surface area (Å²) in [6, 6.07) is 10.1. The molecule has 1 aromatic rings. The van der Waals surface area contributed by atoms with Crippen molar-refractivity contribution in [2.45, 2.75) is 25.6 Å². The van der Waals surface area contributed by atoms with Crippen LogP contribution in [0.4, 0.5) is 0 Å². The first-order chi connectivity index (χ1) is 6.77. The largest absolute Gasteiger partial charge is 0.353 e. The van der Waals surface area contributed by atoms with Gasteiger partial charge in [-0.15, -0.1) is 0 Å². The first-order valence-corrected chi connectivity index (χ1v) is 4.66. The van der Waals surface area contributed by atoms with E-state index in [-0.39, 0.29) is 0 Å². The van der Waals surface area contributed by atoms with E-state index in [1.54, 1.807) is 0 Å². The maximum Gasteiger partial charge on any atom is 0.191 e. The molecule has 14 heavy (non-hydrogen) atoms. The minimum atomic E-state index is -0.551. The van der Waals surface area contributed by atoms with Crippen LogP contribution < -0.4 is 0 Å². The normalized spacial score (nSPS) is 15.1. The highest BCUT2D eigenvalue weighted by Gasteiger charge is 2.13. The number of hydrogen-bond donors (Lipinski definition) is 1. The Kier molecular flexibility index (Phi) is 4.59. The predicted molar refractivity (Wildman–Crippen MR) is 54.0 cm³/mol. The van der Waals surface area contributed by atoms with Crippen molar-refractivity contribution >= 4 is 0 Å². The lowest BCUT2D eigenvalue weighted by molar-refractivity contribution is -0.342. The summed E-state index contributed by atoms with van der Waals surface area (Å²) in [6.07, 6.45) is 0.0852. The van der Waals surface area contributed by atoms with E-state index < -0.39 is 6.29 Å². The van der Waals surface area contributed by atoms with Gasteiger partial charge in [-0.3, -0.25) is 0 Å². The Bertz CT molecular complexity index is 244. The van der Waals surface area contributed by atoms with Crippen molar-refractivity contribution in [3.8, 4) is 0 Å². The van der Waals surface area contributed by atoms with Crippen molar-refractivity contribution < 1.29 is 14.9 Å². The Morgan fingerprint density at radius 2 is 1.93 bits per heavy atom. The fourth-order valence-corrected chi connectivity index (χ4v) is 1.39. The quantitative estimate of drug-likeness (QED) is 0.447. The second kappa shape index (κ2) is 5.75. The smallest absolute Gasteiger partial charge is 0.191 e. The Labute approximate surface area is 84.2 Å². The van der Waals surface area contributed by atoms with Gasteiger partial charge in [-0.25, -0.2) is 10.1 Å². The molecular formula is C11H16O3. The van der Waals surface area contributed by atoms with Crippen molar-refractivity contribution in [3.05, 3.63) is 35.9 Å². The molecule has 78 valence electrons. The van der Waals surface area contributed by atoms with E-state index in [1.807, 2.05) is 18.2 Å². The molecule has 0 aliphatic rings. The van der Waals surface area contributed by atoms with Crippen molar-refractivity contribution in [2.75, 3.05) is 7.11 Å². The third-order valence-corrected chi connectivity index (χ3v) is 2.30. The molecule has 0 spiro atoms. The van der Waals surface area contributed by atoms with Crippen LogP contribution in [0.15, 0.2) is 30.3 Å². The summed E-state index contributed by atoms with van der Waals surface area (Å²) in [6.45, 7) is 2.07. The average molecular weight is 196 g/mol. The van der Waals surface area contributed by atoms with Gasteiger partial charge in [-0.2, -0.15) is 0 Å². The lowest BCUT2D eigenvalue weighted by Crippen LogP contribution is -2.16. The van der Waals surface area contributed by atoms with Gasteiger partial charge in [0.05, 0.1) is 0 Å². The number of hydrogen-bond acceptors (Lipinski definition) is 3. The molecular weight excluding hydrogens is 180 g/mol. The maximum atomic E-state index is 8.50. The Morgan fingerprint density at radius 3 is 2.43 bits per heavy atom. The predicted octanol–water partition coefficient (Wildman–Crippen LogP) is 2.64. The summed E-state index contributed by atoms with van der Waals surface area (Å²) in [7, 11) is 1.51. The highest BCUT2D eigenvalue weighted by Crippen LogP contribution is 2.21. The Morgan fingerprint density at radius 1 is 1.29 bits per heavy atom. The van der Waals surface area contributed by atoms with E-state index in [2.05, 4.69) is 23.9 Å². The highest BCUT2D eigenvalue weighted by molar-refractivity contribution is 5.18. The Balaban J connectivity index is 2.54. The second-order valence-corrected chi connectivity index (χ2v) is 3.32. The number of methoxy groups -OCH3 is 1. The molecule has 2 unspecified atom stereocenters. The van der Waals surface area contributed by atoms with E-state index in [1.165, 1.54) is 12.7 Å². The van der Waals surface area contributed by atoms with Gasteiger partial charge in [0.25, 0.3) is 0 Å².